The molecule has 0 saturated heterocycles. The molecule has 2 nitrogen and oxygen atoms in total. The quantitative estimate of drug-likeness (QED) is 0.716. The number of phenols is 1. The lowest BCUT2D eigenvalue weighted by atomic mass is 10.2. The van der Waals surface area contributed by atoms with Crippen molar-refractivity contribution in [2.24, 2.45) is 0 Å². The Hall–Kier alpha value is -1.49. The van der Waals surface area contributed by atoms with Crippen LogP contribution >= 0.6 is 0 Å². The van der Waals surface area contributed by atoms with Crippen molar-refractivity contribution in [1.29, 1.82) is 5.26 Å². The molecule has 0 aliphatic carbocycles. The lowest BCUT2D eigenvalue weighted by molar-refractivity contribution is 0.475. The summed E-state index contributed by atoms with van der Waals surface area (Å²) in [7, 11) is 0. The highest BCUT2D eigenvalue weighted by Gasteiger charge is 1.88. The van der Waals surface area contributed by atoms with E-state index in [0.717, 1.165) is 0 Å². The summed E-state index contributed by atoms with van der Waals surface area (Å²) in [5.74, 6) is 0.133. The van der Waals surface area contributed by atoms with E-state index in [1.807, 2.05) is 6.07 Å². The Morgan fingerprint density at radius 1 is 1.31 bits per heavy atom. The summed E-state index contributed by atoms with van der Waals surface area (Å²) in [5, 5.41) is 17.1. The lowest BCUT2D eigenvalue weighted by Crippen LogP contribution is -1.69. The van der Waals surface area contributed by atoms with Gasteiger partial charge in [0, 0.05) is 0 Å². The molecule has 2 heteroatoms. The van der Waals surface area contributed by atoms with Gasteiger partial charge in [-0.2, -0.15) is 5.26 Å². The predicted molar refractivity (Wildman–Crippen MR) is 53.4 cm³/mol. The maximum absolute atomic E-state index is 8.79. The largest absolute Gasteiger partial charge is 0.508 e. The molecule has 0 bridgehead atoms. The van der Waals surface area contributed by atoms with Gasteiger partial charge in [0.25, 0.3) is 0 Å². The summed E-state index contributed by atoms with van der Waals surface area (Å²) in [6, 6.07) is 8.12. The van der Waals surface area contributed by atoms with Gasteiger partial charge in [0.15, 0.2) is 0 Å². The predicted octanol–water partition coefficient (Wildman–Crippen LogP) is 3.07. The topological polar surface area (TPSA) is 44.0 Å². The van der Waals surface area contributed by atoms with Crippen LogP contribution in [0.1, 0.15) is 32.3 Å². The molecule has 70 valence electrons. The molecule has 0 aromatic heterocycles. The third kappa shape index (κ3) is 5.75. The second kappa shape index (κ2) is 7.17. The molecule has 1 N–H and O–H groups in total. The molecule has 0 spiro atoms. The van der Waals surface area contributed by atoms with Crippen LogP contribution in [0.3, 0.4) is 0 Å². The van der Waals surface area contributed by atoms with Gasteiger partial charge in [-0.25, -0.2) is 0 Å². The summed E-state index contributed by atoms with van der Waals surface area (Å²) >= 11 is 0. The van der Waals surface area contributed by atoms with Gasteiger partial charge in [0.05, 0.1) is 11.6 Å². The van der Waals surface area contributed by atoms with E-state index in [0.29, 0.717) is 5.56 Å². The number of nitrogens with zero attached hydrogens (tertiary/aromatic N) is 1. The zero-order chi connectivity index (χ0) is 10.1. The number of hydrogen-bond acceptors (Lipinski definition) is 2. The van der Waals surface area contributed by atoms with E-state index in [1.165, 1.54) is 25.0 Å². The molecule has 0 radical (unpaired) electrons. The van der Waals surface area contributed by atoms with Gasteiger partial charge in [-0.3, -0.25) is 0 Å². The fourth-order valence-corrected chi connectivity index (χ4v) is 0.575. The van der Waals surface area contributed by atoms with Crippen molar-refractivity contribution in [3.63, 3.8) is 0 Å². The van der Waals surface area contributed by atoms with Gasteiger partial charge < -0.3 is 5.11 Å². The van der Waals surface area contributed by atoms with Crippen molar-refractivity contribution in [1.82, 2.24) is 0 Å². The maximum Gasteiger partial charge on any atom is 0.116 e. The summed E-state index contributed by atoms with van der Waals surface area (Å²) in [5.41, 5.74) is 0.481. The molecular weight excluding hydrogens is 162 g/mol. The van der Waals surface area contributed by atoms with Crippen LogP contribution in [0.25, 0.3) is 0 Å². The number of aromatic hydroxyl groups is 1. The highest BCUT2D eigenvalue weighted by atomic mass is 16.3. The monoisotopic (exact) mass is 177 g/mol. The van der Waals surface area contributed by atoms with Crippen LogP contribution in [0, 0.1) is 11.3 Å². The van der Waals surface area contributed by atoms with Gasteiger partial charge in [-0.1, -0.05) is 32.8 Å². The highest BCUT2D eigenvalue weighted by Crippen LogP contribution is 2.08. The van der Waals surface area contributed by atoms with E-state index < -0.39 is 0 Å². The van der Waals surface area contributed by atoms with Crippen LogP contribution in [0.2, 0.25) is 0 Å². The third-order valence-corrected chi connectivity index (χ3v) is 1.48. The zero-order valence-corrected chi connectivity index (χ0v) is 8.12. The summed E-state index contributed by atoms with van der Waals surface area (Å²) in [4.78, 5) is 0. The van der Waals surface area contributed by atoms with Crippen molar-refractivity contribution in [2.75, 3.05) is 0 Å². The fraction of sp³-hybridized carbons (Fsp3) is 0.364. The number of hydrogen-bond donors (Lipinski definition) is 1. The van der Waals surface area contributed by atoms with E-state index in [9.17, 15) is 0 Å². The Labute approximate surface area is 79.4 Å². The third-order valence-electron chi connectivity index (χ3n) is 1.48. The van der Waals surface area contributed by atoms with Gasteiger partial charge in [-0.15, -0.1) is 0 Å². The van der Waals surface area contributed by atoms with Crippen LogP contribution < -0.4 is 0 Å². The first-order valence-corrected chi connectivity index (χ1v) is 4.43. The van der Waals surface area contributed by atoms with Gasteiger partial charge in [0.1, 0.15) is 5.75 Å². The second-order valence-electron chi connectivity index (χ2n) is 2.66. The van der Waals surface area contributed by atoms with Crippen molar-refractivity contribution in [3.8, 4) is 11.8 Å². The molecule has 0 saturated carbocycles. The lowest BCUT2D eigenvalue weighted by Gasteiger charge is -1.87. The molecule has 0 unspecified atom stereocenters. The first-order chi connectivity index (χ1) is 6.24. The minimum absolute atomic E-state index is 0.133. The van der Waals surface area contributed by atoms with Gasteiger partial charge >= 0.3 is 0 Å². The molecule has 0 heterocycles. The van der Waals surface area contributed by atoms with Crippen molar-refractivity contribution in [2.45, 2.75) is 26.7 Å². The molecule has 1 aromatic rings. The Morgan fingerprint density at radius 3 is 2.23 bits per heavy atom. The molecule has 0 atom stereocenters. The van der Waals surface area contributed by atoms with Crippen molar-refractivity contribution in [3.05, 3.63) is 29.8 Å². The molecule has 0 aliphatic heterocycles. The number of benzene rings is 1. The zero-order valence-electron chi connectivity index (χ0n) is 8.12. The van der Waals surface area contributed by atoms with Crippen LogP contribution in [0.5, 0.6) is 5.75 Å². The van der Waals surface area contributed by atoms with Gasteiger partial charge in [-0.05, 0) is 18.2 Å². The summed E-state index contributed by atoms with van der Waals surface area (Å²) < 4.78 is 0. The van der Waals surface area contributed by atoms with Crippen LogP contribution in [0.15, 0.2) is 24.3 Å². The highest BCUT2D eigenvalue weighted by molar-refractivity contribution is 5.35. The van der Waals surface area contributed by atoms with Crippen molar-refractivity contribution < 1.29 is 5.11 Å². The Morgan fingerprint density at radius 2 is 1.92 bits per heavy atom. The average molecular weight is 177 g/mol. The summed E-state index contributed by atoms with van der Waals surface area (Å²) in [6.45, 7) is 4.36. The van der Waals surface area contributed by atoms with E-state index in [1.54, 1.807) is 12.1 Å². The maximum atomic E-state index is 8.79. The normalized spacial score (nSPS) is 8.08. The van der Waals surface area contributed by atoms with Crippen LogP contribution in [0.4, 0.5) is 0 Å². The molecule has 13 heavy (non-hydrogen) atoms. The standard InChI is InChI=1S/C7H5NO.C4H10/c8-5-6-2-1-3-7(9)4-6;1-3-4-2/h1-4,9H;3-4H2,1-2H3. The van der Waals surface area contributed by atoms with Crippen molar-refractivity contribution >= 4 is 0 Å². The Balaban J connectivity index is 0.000000310. The SMILES string of the molecule is CCCC.N#Cc1cccc(O)c1. The van der Waals surface area contributed by atoms with Gasteiger partial charge in [0.2, 0.25) is 0 Å². The van der Waals surface area contributed by atoms with Crippen LogP contribution in [-0.4, -0.2) is 5.11 Å². The molecule has 0 amide bonds. The Bertz CT molecular complexity index is 274. The smallest absolute Gasteiger partial charge is 0.116 e. The average Bonchev–Trinajstić information content (AvgIpc) is 2.18. The minimum atomic E-state index is 0.133. The first kappa shape index (κ1) is 11.5. The van der Waals surface area contributed by atoms with E-state index in [4.69, 9.17) is 10.4 Å². The number of rotatable bonds is 1. The van der Waals surface area contributed by atoms with E-state index >= 15 is 0 Å². The van der Waals surface area contributed by atoms with E-state index in [2.05, 4.69) is 13.8 Å². The summed E-state index contributed by atoms with van der Waals surface area (Å²) in [6.07, 6.45) is 2.64. The minimum Gasteiger partial charge on any atom is -0.508 e. The van der Waals surface area contributed by atoms with Crippen LogP contribution in [-0.2, 0) is 0 Å². The molecular formula is C11H15NO. The molecule has 0 aliphatic rings. The fourth-order valence-electron chi connectivity index (χ4n) is 0.575. The molecule has 0 fully saturated rings. The second-order valence-corrected chi connectivity index (χ2v) is 2.66. The molecule has 1 rings (SSSR count). The number of unbranched alkanes of at least 4 members (excludes halogenated alkanes) is 1. The molecule has 1 aromatic carbocycles. The van der Waals surface area contributed by atoms with E-state index in [-0.39, 0.29) is 5.75 Å². The first-order valence-electron chi connectivity index (χ1n) is 4.43. The number of nitriles is 1. The number of phenolic OH excluding ortho intramolecular Hbond substituents is 1. The Kier molecular flexibility index (Phi) is 6.35.